The van der Waals surface area contributed by atoms with Crippen molar-refractivity contribution in [1.29, 1.82) is 0 Å². The van der Waals surface area contributed by atoms with Gasteiger partial charge in [0.25, 0.3) is 0 Å². The highest BCUT2D eigenvalue weighted by atomic mass is 14.8. The van der Waals surface area contributed by atoms with Crippen LogP contribution in [0.1, 0.15) is 79.6 Å². The summed E-state index contributed by atoms with van der Waals surface area (Å²) in [6, 6.07) is 21.2. The molecule has 0 atom stereocenters. The van der Waals surface area contributed by atoms with Crippen LogP contribution < -0.4 is 0 Å². The lowest BCUT2D eigenvalue weighted by Crippen LogP contribution is -1.98. The molecular formula is C29H30N2. The van der Waals surface area contributed by atoms with Crippen LogP contribution in [0, 0.1) is 0 Å². The standard InChI is InChI=1S/C29H30N2/c1-20(2)24-16-10-17-25(21(3)4)29(24)30-19-23-13-9-18-28(31-23)27-15-8-6-12-22-11-5-7-14-26(22)27/h5-7,9-21H,8H2,1-4H3/b30-19+. The van der Waals surface area contributed by atoms with Gasteiger partial charge in [-0.05, 0) is 52.6 Å². The van der Waals surface area contributed by atoms with Gasteiger partial charge in [0.05, 0.1) is 23.3 Å². The Morgan fingerprint density at radius 2 is 1.55 bits per heavy atom. The van der Waals surface area contributed by atoms with Crippen molar-refractivity contribution in [2.24, 2.45) is 4.99 Å². The van der Waals surface area contributed by atoms with Crippen LogP contribution in [-0.2, 0) is 0 Å². The van der Waals surface area contributed by atoms with E-state index in [4.69, 9.17) is 9.98 Å². The zero-order valence-electron chi connectivity index (χ0n) is 18.8. The van der Waals surface area contributed by atoms with Crippen LogP contribution in [0.2, 0.25) is 0 Å². The molecule has 1 heterocycles. The fourth-order valence-electron chi connectivity index (χ4n) is 4.09. The molecule has 0 spiro atoms. The van der Waals surface area contributed by atoms with Crippen LogP contribution in [0.5, 0.6) is 0 Å². The third kappa shape index (κ3) is 4.59. The molecule has 0 radical (unpaired) electrons. The molecule has 0 N–H and O–H groups in total. The third-order valence-electron chi connectivity index (χ3n) is 5.72. The van der Waals surface area contributed by atoms with Crippen molar-refractivity contribution in [2.45, 2.75) is 46.0 Å². The second-order valence-electron chi connectivity index (χ2n) is 8.64. The van der Waals surface area contributed by atoms with Crippen molar-refractivity contribution in [3.8, 4) is 0 Å². The van der Waals surface area contributed by atoms with E-state index in [1.165, 1.54) is 27.8 Å². The average molecular weight is 407 g/mol. The molecule has 0 fully saturated rings. The predicted molar refractivity (Wildman–Crippen MR) is 133 cm³/mol. The summed E-state index contributed by atoms with van der Waals surface area (Å²) < 4.78 is 0. The van der Waals surface area contributed by atoms with Crippen LogP contribution in [0.15, 0.2) is 77.8 Å². The summed E-state index contributed by atoms with van der Waals surface area (Å²) >= 11 is 0. The van der Waals surface area contributed by atoms with Gasteiger partial charge < -0.3 is 0 Å². The van der Waals surface area contributed by atoms with Crippen molar-refractivity contribution < 1.29 is 0 Å². The van der Waals surface area contributed by atoms with E-state index in [2.05, 4.69) is 101 Å². The van der Waals surface area contributed by atoms with E-state index in [1.54, 1.807) is 0 Å². The Bertz CT molecular complexity index is 1140. The summed E-state index contributed by atoms with van der Waals surface area (Å²) in [6.45, 7) is 8.89. The Labute approximate surface area is 186 Å². The van der Waals surface area contributed by atoms with Crippen LogP contribution in [0.25, 0.3) is 11.6 Å². The molecule has 1 aliphatic rings. The minimum absolute atomic E-state index is 0.422. The molecule has 1 aliphatic carbocycles. The number of nitrogens with zero attached hydrogens (tertiary/aromatic N) is 2. The summed E-state index contributed by atoms with van der Waals surface area (Å²) in [5.74, 6) is 0.843. The largest absolute Gasteiger partial charge is 0.254 e. The normalized spacial score (nSPS) is 13.5. The van der Waals surface area contributed by atoms with Gasteiger partial charge in [-0.3, -0.25) is 4.99 Å². The molecule has 2 nitrogen and oxygen atoms in total. The first-order chi connectivity index (χ1) is 15.0. The highest BCUT2D eigenvalue weighted by molar-refractivity contribution is 5.86. The van der Waals surface area contributed by atoms with E-state index in [0.717, 1.165) is 23.5 Å². The molecule has 2 heteroatoms. The first kappa shape index (κ1) is 21.0. The maximum atomic E-state index is 4.96. The van der Waals surface area contributed by atoms with Gasteiger partial charge in [0.2, 0.25) is 0 Å². The number of fused-ring (bicyclic) bond motifs is 1. The first-order valence-electron chi connectivity index (χ1n) is 11.1. The van der Waals surface area contributed by atoms with Crippen molar-refractivity contribution >= 4 is 23.6 Å². The van der Waals surface area contributed by atoms with Gasteiger partial charge in [-0.15, -0.1) is 0 Å². The van der Waals surface area contributed by atoms with Gasteiger partial charge in [0.15, 0.2) is 0 Å². The molecule has 156 valence electrons. The third-order valence-corrected chi connectivity index (χ3v) is 5.72. The molecule has 31 heavy (non-hydrogen) atoms. The highest BCUT2D eigenvalue weighted by Gasteiger charge is 2.14. The minimum Gasteiger partial charge on any atom is -0.254 e. The number of rotatable bonds is 5. The molecule has 2 aromatic carbocycles. The summed E-state index contributed by atoms with van der Waals surface area (Å²) in [5, 5.41) is 0. The zero-order chi connectivity index (χ0) is 21.8. The molecule has 0 bridgehead atoms. The smallest absolute Gasteiger partial charge is 0.0820 e. The van der Waals surface area contributed by atoms with Crippen LogP contribution >= 0.6 is 0 Å². The number of aromatic nitrogens is 1. The SMILES string of the molecule is CC(C)c1cccc(C(C)C)c1/N=C/c1cccc(C2=CCC=Cc3ccccc32)n1. The number of para-hydroxylation sites is 1. The minimum atomic E-state index is 0.422. The lowest BCUT2D eigenvalue weighted by atomic mass is 9.93. The fourth-order valence-corrected chi connectivity index (χ4v) is 4.09. The van der Waals surface area contributed by atoms with Gasteiger partial charge in [0.1, 0.15) is 0 Å². The fraction of sp³-hybridized carbons (Fsp3) is 0.241. The van der Waals surface area contributed by atoms with Crippen LogP contribution in [0.3, 0.4) is 0 Å². The predicted octanol–water partition coefficient (Wildman–Crippen LogP) is 7.93. The number of hydrogen-bond donors (Lipinski definition) is 0. The monoisotopic (exact) mass is 406 g/mol. The average Bonchev–Trinajstić information content (AvgIpc) is 3.00. The number of aliphatic imine (C=N–C) groups is 1. The van der Waals surface area contributed by atoms with Crippen LogP contribution in [-0.4, -0.2) is 11.2 Å². The Morgan fingerprint density at radius 1 is 0.839 bits per heavy atom. The lowest BCUT2D eigenvalue weighted by Gasteiger charge is -2.16. The van der Waals surface area contributed by atoms with E-state index in [0.29, 0.717) is 11.8 Å². The molecule has 4 rings (SSSR count). The molecule has 0 aliphatic heterocycles. The Kier molecular flexibility index (Phi) is 6.27. The number of hydrogen-bond acceptors (Lipinski definition) is 2. The Balaban J connectivity index is 1.72. The molecule has 0 amide bonds. The molecular weight excluding hydrogens is 376 g/mol. The van der Waals surface area contributed by atoms with E-state index in [-0.39, 0.29) is 0 Å². The van der Waals surface area contributed by atoms with Gasteiger partial charge in [-0.2, -0.15) is 0 Å². The van der Waals surface area contributed by atoms with E-state index in [9.17, 15) is 0 Å². The summed E-state index contributed by atoms with van der Waals surface area (Å²) in [6.07, 6.45) is 9.48. The van der Waals surface area contributed by atoms with Crippen LogP contribution in [0.4, 0.5) is 5.69 Å². The molecule has 1 aromatic heterocycles. The second kappa shape index (κ2) is 9.26. The quantitative estimate of drug-likeness (QED) is 0.395. The number of allylic oxidation sites excluding steroid dienone is 2. The van der Waals surface area contributed by atoms with Gasteiger partial charge in [-0.25, -0.2) is 4.98 Å². The highest BCUT2D eigenvalue weighted by Crippen LogP contribution is 2.34. The Hall–Kier alpha value is -3.26. The van der Waals surface area contributed by atoms with Gasteiger partial charge in [0, 0.05) is 5.57 Å². The second-order valence-corrected chi connectivity index (χ2v) is 8.64. The van der Waals surface area contributed by atoms with Crippen molar-refractivity contribution in [1.82, 2.24) is 4.98 Å². The maximum Gasteiger partial charge on any atom is 0.0820 e. The number of pyridine rings is 1. The van der Waals surface area contributed by atoms with Gasteiger partial charge >= 0.3 is 0 Å². The topological polar surface area (TPSA) is 25.2 Å². The summed E-state index contributed by atoms with van der Waals surface area (Å²) in [7, 11) is 0. The van der Waals surface area contributed by atoms with Crippen molar-refractivity contribution in [2.75, 3.05) is 0 Å². The lowest BCUT2D eigenvalue weighted by molar-refractivity contribution is 0.835. The number of benzene rings is 2. The maximum absolute atomic E-state index is 4.96. The molecule has 0 unspecified atom stereocenters. The Morgan fingerprint density at radius 3 is 2.29 bits per heavy atom. The van der Waals surface area contributed by atoms with E-state index in [1.807, 2.05) is 12.3 Å². The molecule has 0 saturated heterocycles. The first-order valence-corrected chi connectivity index (χ1v) is 11.1. The van der Waals surface area contributed by atoms with Gasteiger partial charge in [-0.1, -0.05) is 94.5 Å². The van der Waals surface area contributed by atoms with Crippen molar-refractivity contribution in [3.63, 3.8) is 0 Å². The van der Waals surface area contributed by atoms with E-state index >= 15 is 0 Å². The molecule has 3 aromatic rings. The summed E-state index contributed by atoms with van der Waals surface area (Å²) in [4.78, 5) is 9.90. The van der Waals surface area contributed by atoms with Crippen molar-refractivity contribution in [3.05, 3.63) is 106 Å². The summed E-state index contributed by atoms with van der Waals surface area (Å²) in [5.41, 5.74) is 9.16. The zero-order valence-corrected chi connectivity index (χ0v) is 18.8. The molecule has 0 saturated carbocycles. The van der Waals surface area contributed by atoms with E-state index < -0.39 is 0 Å².